The number of H-pyrrole nitrogens is 2. The number of carbonyl (C=O) groups is 5. The number of imidazole rings is 2. The van der Waals surface area contributed by atoms with Gasteiger partial charge in [0.25, 0.3) is 0 Å². The van der Waals surface area contributed by atoms with Crippen molar-refractivity contribution < 1.29 is 29.1 Å². The Morgan fingerprint density at radius 2 is 1.55 bits per heavy atom. The first-order valence-corrected chi connectivity index (χ1v) is 9.74. The van der Waals surface area contributed by atoms with Gasteiger partial charge < -0.3 is 42.5 Å². The monoisotopic (exact) mass is 463 g/mol. The molecule has 0 radical (unpaired) electrons. The number of nitrogens with two attached hydrogens (primary N) is 2. The number of nitrogens with one attached hydrogen (secondary N) is 5. The molecule has 178 valence electrons. The van der Waals surface area contributed by atoms with Gasteiger partial charge in [-0.05, 0) is 0 Å². The van der Waals surface area contributed by atoms with Gasteiger partial charge in [0.2, 0.25) is 23.6 Å². The number of hydrogen-bond donors (Lipinski definition) is 8. The minimum absolute atomic E-state index is 0.0520. The SMILES string of the molecule is NC(=O)CC(NC(=O)C(N)Cc1cnc[nH]1)C(=O)NCC(=O)NC(Cc1cnc[nH]1)C(=O)O. The number of primary amides is 1. The molecule has 2 aromatic rings. The van der Waals surface area contributed by atoms with E-state index in [1.807, 2.05) is 0 Å². The summed E-state index contributed by atoms with van der Waals surface area (Å²) < 4.78 is 0. The van der Waals surface area contributed by atoms with E-state index in [4.69, 9.17) is 11.5 Å². The molecule has 0 spiro atoms. The Hall–Kier alpha value is -4.27. The van der Waals surface area contributed by atoms with Gasteiger partial charge in [-0.2, -0.15) is 0 Å². The number of aromatic nitrogens is 4. The minimum atomic E-state index is -1.38. The number of carbonyl (C=O) groups excluding carboxylic acids is 4. The van der Waals surface area contributed by atoms with Crippen molar-refractivity contribution in [3.63, 3.8) is 0 Å². The average molecular weight is 463 g/mol. The third kappa shape index (κ3) is 8.41. The number of aromatic amines is 2. The fourth-order valence-electron chi connectivity index (χ4n) is 2.77. The lowest BCUT2D eigenvalue weighted by atomic mass is 10.1. The highest BCUT2D eigenvalue weighted by molar-refractivity contribution is 5.95. The van der Waals surface area contributed by atoms with Crippen LogP contribution in [-0.4, -0.2) is 79.3 Å². The number of aliphatic carboxylic acids is 1. The van der Waals surface area contributed by atoms with Gasteiger partial charge >= 0.3 is 5.97 Å². The molecule has 0 fully saturated rings. The molecule has 0 aromatic carbocycles. The highest BCUT2D eigenvalue weighted by Crippen LogP contribution is 2.00. The van der Waals surface area contributed by atoms with Crippen LogP contribution in [0.1, 0.15) is 17.8 Å². The number of amides is 4. The molecule has 15 nitrogen and oxygen atoms in total. The maximum Gasteiger partial charge on any atom is 0.326 e. The van der Waals surface area contributed by atoms with Crippen molar-refractivity contribution in [3.8, 4) is 0 Å². The topological polar surface area (TPSA) is 251 Å². The third-order valence-electron chi connectivity index (χ3n) is 4.41. The van der Waals surface area contributed by atoms with Crippen molar-refractivity contribution in [1.29, 1.82) is 0 Å². The van der Waals surface area contributed by atoms with E-state index in [0.29, 0.717) is 11.4 Å². The number of carboxylic acid groups (broad SMARTS) is 1. The summed E-state index contributed by atoms with van der Waals surface area (Å²) in [4.78, 5) is 72.7. The Balaban J connectivity index is 1.89. The van der Waals surface area contributed by atoms with E-state index in [0.717, 1.165) is 0 Å². The van der Waals surface area contributed by atoms with Crippen LogP contribution in [0.15, 0.2) is 25.0 Å². The third-order valence-corrected chi connectivity index (χ3v) is 4.41. The molecule has 3 atom stereocenters. The smallest absolute Gasteiger partial charge is 0.326 e. The average Bonchev–Trinajstić information content (AvgIpc) is 3.44. The van der Waals surface area contributed by atoms with Crippen LogP contribution in [-0.2, 0) is 36.8 Å². The molecule has 0 aliphatic carbocycles. The molecular formula is C18H25N9O6. The summed E-state index contributed by atoms with van der Waals surface area (Å²) in [7, 11) is 0. The molecule has 3 unspecified atom stereocenters. The predicted molar refractivity (Wildman–Crippen MR) is 111 cm³/mol. The molecule has 4 amide bonds. The van der Waals surface area contributed by atoms with Gasteiger partial charge in [-0.3, -0.25) is 19.2 Å². The number of hydrogen-bond acceptors (Lipinski definition) is 8. The van der Waals surface area contributed by atoms with Crippen molar-refractivity contribution in [3.05, 3.63) is 36.4 Å². The molecule has 0 aliphatic rings. The Kier molecular flexibility index (Phi) is 9.05. The second-order valence-corrected chi connectivity index (χ2v) is 7.08. The molecule has 0 saturated heterocycles. The van der Waals surface area contributed by atoms with E-state index < -0.39 is 60.7 Å². The summed E-state index contributed by atoms with van der Waals surface area (Å²) >= 11 is 0. The zero-order valence-corrected chi connectivity index (χ0v) is 17.4. The first-order chi connectivity index (χ1) is 15.7. The lowest BCUT2D eigenvalue weighted by Gasteiger charge is -2.20. The normalized spacial score (nSPS) is 13.4. The van der Waals surface area contributed by atoms with Gasteiger partial charge in [-0.1, -0.05) is 0 Å². The molecule has 2 heterocycles. The maximum absolute atomic E-state index is 12.4. The van der Waals surface area contributed by atoms with E-state index in [2.05, 4.69) is 35.9 Å². The quantitative estimate of drug-likeness (QED) is 0.145. The lowest BCUT2D eigenvalue weighted by Crippen LogP contribution is -2.54. The van der Waals surface area contributed by atoms with Gasteiger partial charge in [-0.15, -0.1) is 0 Å². The standard InChI is InChI=1S/C18H25N9O6/c19-11(1-9-4-21-7-24-9)16(30)27-12(3-14(20)28)17(31)23-6-15(29)26-13(18(32)33)2-10-5-22-8-25-10/h4-5,7-8,11-13H,1-3,6,19H2,(H2,20,28)(H,21,24)(H,22,25)(H,23,31)(H,26,29)(H,27,30)(H,32,33). The maximum atomic E-state index is 12.4. The highest BCUT2D eigenvalue weighted by Gasteiger charge is 2.27. The molecular weight excluding hydrogens is 438 g/mol. The number of carboxylic acids is 1. The summed E-state index contributed by atoms with van der Waals surface area (Å²) in [6.07, 6.45) is 5.19. The zero-order valence-electron chi connectivity index (χ0n) is 17.4. The number of rotatable bonds is 13. The predicted octanol–water partition coefficient (Wildman–Crippen LogP) is -3.71. The summed E-state index contributed by atoms with van der Waals surface area (Å²) in [5.41, 5.74) is 12.0. The molecule has 10 N–H and O–H groups in total. The Morgan fingerprint density at radius 1 is 0.939 bits per heavy atom. The van der Waals surface area contributed by atoms with Gasteiger partial charge in [-0.25, -0.2) is 14.8 Å². The van der Waals surface area contributed by atoms with Crippen LogP contribution in [0.25, 0.3) is 0 Å². The lowest BCUT2D eigenvalue weighted by molar-refractivity contribution is -0.141. The first kappa shape index (κ1) is 25.0. The van der Waals surface area contributed by atoms with Crippen molar-refractivity contribution in [1.82, 2.24) is 35.9 Å². The van der Waals surface area contributed by atoms with Crippen LogP contribution in [0.4, 0.5) is 0 Å². The van der Waals surface area contributed by atoms with E-state index in [1.165, 1.54) is 25.0 Å². The van der Waals surface area contributed by atoms with Crippen LogP contribution in [0, 0.1) is 0 Å². The molecule has 0 saturated carbocycles. The fourth-order valence-corrected chi connectivity index (χ4v) is 2.77. The van der Waals surface area contributed by atoms with Crippen LogP contribution in [0.5, 0.6) is 0 Å². The zero-order chi connectivity index (χ0) is 24.4. The first-order valence-electron chi connectivity index (χ1n) is 9.74. The Labute approximate surface area is 187 Å². The van der Waals surface area contributed by atoms with E-state index in [9.17, 15) is 29.1 Å². The molecule has 15 heteroatoms. The van der Waals surface area contributed by atoms with Crippen LogP contribution >= 0.6 is 0 Å². The largest absolute Gasteiger partial charge is 0.480 e. The van der Waals surface area contributed by atoms with Gasteiger partial charge in [0, 0.05) is 36.6 Å². The van der Waals surface area contributed by atoms with Crippen molar-refractivity contribution in [2.45, 2.75) is 37.4 Å². The number of nitrogens with zero attached hydrogens (tertiary/aromatic N) is 2. The molecule has 2 aromatic heterocycles. The summed E-state index contributed by atoms with van der Waals surface area (Å²) in [5.74, 6) is -4.54. The van der Waals surface area contributed by atoms with E-state index >= 15 is 0 Å². The molecule has 0 bridgehead atoms. The molecule has 33 heavy (non-hydrogen) atoms. The van der Waals surface area contributed by atoms with E-state index in [-0.39, 0.29) is 12.8 Å². The Bertz CT molecular complexity index is 960. The van der Waals surface area contributed by atoms with Crippen LogP contribution in [0.2, 0.25) is 0 Å². The van der Waals surface area contributed by atoms with Crippen molar-refractivity contribution in [2.75, 3.05) is 6.54 Å². The van der Waals surface area contributed by atoms with Crippen molar-refractivity contribution in [2.24, 2.45) is 11.5 Å². The van der Waals surface area contributed by atoms with Gasteiger partial charge in [0.1, 0.15) is 12.1 Å². The minimum Gasteiger partial charge on any atom is -0.480 e. The summed E-state index contributed by atoms with van der Waals surface area (Å²) in [5, 5.41) is 16.1. The van der Waals surface area contributed by atoms with Crippen molar-refractivity contribution >= 4 is 29.6 Å². The van der Waals surface area contributed by atoms with Gasteiger partial charge in [0.05, 0.1) is 31.7 Å². The van der Waals surface area contributed by atoms with Crippen LogP contribution in [0.3, 0.4) is 0 Å². The fraction of sp³-hybridized carbons (Fsp3) is 0.389. The highest BCUT2D eigenvalue weighted by atomic mass is 16.4. The van der Waals surface area contributed by atoms with E-state index in [1.54, 1.807) is 0 Å². The second kappa shape index (κ2) is 11.9. The molecule has 0 aliphatic heterocycles. The Morgan fingerprint density at radius 3 is 2.06 bits per heavy atom. The second-order valence-electron chi connectivity index (χ2n) is 7.08. The van der Waals surface area contributed by atoms with Gasteiger partial charge in [0.15, 0.2) is 0 Å². The summed E-state index contributed by atoms with van der Waals surface area (Å²) in [6, 6.07) is -3.69. The molecule has 2 rings (SSSR count). The summed E-state index contributed by atoms with van der Waals surface area (Å²) in [6.45, 7) is -0.600. The van der Waals surface area contributed by atoms with Crippen LogP contribution < -0.4 is 27.4 Å².